The fourth-order valence-electron chi connectivity index (χ4n) is 4.29. The highest BCUT2D eigenvalue weighted by molar-refractivity contribution is 6.26. The molecule has 2 atom stereocenters. The second-order valence-electron chi connectivity index (χ2n) is 6.89. The van der Waals surface area contributed by atoms with Gasteiger partial charge in [-0.05, 0) is 12.3 Å². The van der Waals surface area contributed by atoms with Crippen molar-refractivity contribution in [3.05, 3.63) is 83.4 Å². The molecule has 3 aromatic rings. The number of hydrogen-bond acceptors (Lipinski definition) is 5. The van der Waals surface area contributed by atoms with Gasteiger partial charge in [0.2, 0.25) is 11.4 Å². The van der Waals surface area contributed by atoms with Crippen LogP contribution in [0.15, 0.2) is 71.9 Å². The number of carbonyl (C=O) groups excluding carboxylic acids is 2. The molecule has 5 nitrogen and oxygen atoms in total. The monoisotopic (exact) mass is 371 g/mol. The second kappa shape index (κ2) is 6.02. The maximum Gasteiger partial charge on any atom is 0.320 e. The lowest BCUT2D eigenvalue weighted by molar-refractivity contribution is -0.152. The first-order chi connectivity index (χ1) is 13.7. The summed E-state index contributed by atoms with van der Waals surface area (Å²) in [5.74, 6) is -1.74. The zero-order chi connectivity index (χ0) is 19.3. The summed E-state index contributed by atoms with van der Waals surface area (Å²) in [6.07, 6.45) is 0. The molecule has 0 bridgehead atoms. The van der Waals surface area contributed by atoms with Gasteiger partial charge in [0.1, 0.15) is 5.71 Å². The first kappa shape index (κ1) is 16.7. The van der Waals surface area contributed by atoms with Crippen molar-refractivity contribution in [2.45, 2.75) is 12.5 Å². The largest absolute Gasteiger partial charge is 0.465 e. The van der Waals surface area contributed by atoms with Gasteiger partial charge in [-0.3, -0.25) is 9.59 Å². The highest BCUT2D eigenvalue weighted by Crippen LogP contribution is 2.51. The van der Waals surface area contributed by atoms with Crippen molar-refractivity contribution in [3.8, 4) is 0 Å². The van der Waals surface area contributed by atoms with Gasteiger partial charge in [0, 0.05) is 22.1 Å². The highest BCUT2D eigenvalue weighted by Gasteiger charge is 2.64. The van der Waals surface area contributed by atoms with E-state index >= 15 is 0 Å². The molecule has 0 N–H and O–H groups in total. The van der Waals surface area contributed by atoms with Crippen molar-refractivity contribution in [1.82, 2.24) is 0 Å². The summed E-state index contributed by atoms with van der Waals surface area (Å²) in [4.78, 5) is 32.5. The molecule has 3 aromatic carbocycles. The van der Waals surface area contributed by atoms with E-state index in [1.807, 2.05) is 60.7 Å². The van der Waals surface area contributed by atoms with Crippen LogP contribution in [0.1, 0.15) is 28.4 Å². The van der Waals surface area contributed by atoms with Crippen LogP contribution in [-0.2, 0) is 20.0 Å². The van der Waals surface area contributed by atoms with Gasteiger partial charge in [0.15, 0.2) is 5.92 Å². The molecular formula is C23H17NO4. The molecule has 2 aliphatic rings. The molecule has 28 heavy (non-hydrogen) atoms. The molecule has 0 radical (unpaired) electrons. The van der Waals surface area contributed by atoms with Crippen molar-refractivity contribution in [2.75, 3.05) is 6.61 Å². The Morgan fingerprint density at radius 3 is 2.57 bits per heavy atom. The standard InChI is InChI=1S/C23H17NO4/c1-2-27-22(26)19-20(15-8-4-3-5-9-15)24-28-23(19)17-13-7-11-14-10-6-12-16(18(14)17)21(23)25/h3-13,19H,2H2,1H3. The summed E-state index contributed by atoms with van der Waals surface area (Å²) in [5, 5.41) is 5.99. The van der Waals surface area contributed by atoms with Crippen LogP contribution in [0.5, 0.6) is 0 Å². The number of nitrogens with zero attached hydrogens (tertiary/aromatic N) is 1. The molecule has 5 rings (SSSR count). The highest BCUT2D eigenvalue weighted by atomic mass is 16.7. The molecule has 1 spiro atoms. The topological polar surface area (TPSA) is 65.0 Å². The van der Waals surface area contributed by atoms with Crippen molar-refractivity contribution in [2.24, 2.45) is 11.1 Å². The number of oxime groups is 1. The number of fused-ring (bicyclic) bond motifs is 1. The molecule has 138 valence electrons. The minimum absolute atomic E-state index is 0.207. The van der Waals surface area contributed by atoms with Crippen molar-refractivity contribution in [3.63, 3.8) is 0 Å². The van der Waals surface area contributed by atoms with Gasteiger partial charge in [-0.1, -0.05) is 71.9 Å². The molecule has 0 saturated carbocycles. The predicted octanol–water partition coefficient (Wildman–Crippen LogP) is 3.85. The molecule has 1 aliphatic heterocycles. The number of ketones is 1. The number of benzene rings is 3. The van der Waals surface area contributed by atoms with Gasteiger partial charge in [0.05, 0.1) is 6.61 Å². The average Bonchev–Trinajstić information content (AvgIpc) is 3.24. The van der Waals surface area contributed by atoms with E-state index in [0.717, 1.165) is 16.3 Å². The molecule has 0 amide bonds. The number of esters is 1. The molecule has 1 heterocycles. The fraction of sp³-hybridized carbons (Fsp3) is 0.174. The zero-order valence-corrected chi connectivity index (χ0v) is 15.2. The number of rotatable bonds is 3. The van der Waals surface area contributed by atoms with Gasteiger partial charge in [-0.15, -0.1) is 0 Å². The summed E-state index contributed by atoms with van der Waals surface area (Å²) >= 11 is 0. The van der Waals surface area contributed by atoms with E-state index in [-0.39, 0.29) is 12.4 Å². The van der Waals surface area contributed by atoms with Crippen molar-refractivity contribution < 1.29 is 19.2 Å². The Kier molecular flexibility index (Phi) is 3.59. The lowest BCUT2D eigenvalue weighted by Gasteiger charge is -2.27. The Bertz CT molecular complexity index is 1150. The zero-order valence-electron chi connectivity index (χ0n) is 15.2. The maximum absolute atomic E-state index is 13.6. The molecule has 0 fully saturated rings. The molecule has 0 aromatic heterocycles. The third-order valence-electron chi connectivity index (χ3n) is 5.45. The molecule has 0 saturated heterocycles. The smallest absolute Gasteiger partial charge is 0.320 e. The van der Waals surface area contributed by atoms with E-state index in [1.54, 1.807) is 13.0 Å². The Balaban J connectivity index is 1.75. The second-order valence-corrected chi connectivity index (χ2v) is 6.89. The quantitative estimate of drug-likeness (QED) is 0.656. The van der Waals surface area contributed by atoms with Crippen LogP contribution in [0.25, 0.3) is 10.8 Å². The molecule has 1 aliphatic carbocycles. The van der Waals surface area contributed by atoms with Crippen LogP contribution in [0.2, 0.25) is 0 Å². The van der Waals surface area contributed by atoms with E-state index < -0.39 is 17.5 Å². The van der Waals surface area contributed by atoms with E-state index in [2.05, 4.69) is 5.16 Å². The van der Waals surface area contributed by atoms with Crippen LogP contribution in [0, 0.1) is 5.92 Å². The summed E-state index contributed by atoms with van der Waals surface area (Å²) in [6, 6.07) is 20.5. The van der Waals surface area contributed by atoms with Gasteiger partial charge in [-0.25, -0.2) is 0 Å². The summed E-state index contributed by atoms with van der Waals surface area (Å²) in [7, 11) is 0. The third-order valence-corrected chi connectivity index (χ3v) is 5.45. The fourth-order valence-corrected chi connectivity index (χ4v) is 4.29. The van der Waals surface area contributed by atoms with Gasteiger partial charge >= 0.3 is 5.97 Å². The maximum atomic E-state index is 13.6. The Morgan fingerprint density at radius 2 is 1.82 bits per heavy atom. The lowest BCUT2D eigenvalue weighted by Crippen LogP contribution is -2.46. The van der Waals surface area contributed by atoms with Crippen molar-refractivity contribution >= 4 is 28.2 Å². The van der Waals surface area contributed by atoms with Crippen LogP contribution in [0.3, 0.4) is 0 Å². The summed E-state index contributed by atoms with van der Waals surface area (Å²) < 4.78 is 5.36. The van der Waals surface area contributed by atoms with Crippen LogP contribution < -0.4 is 0 Å². The normalized spacial score (nSPS) is 22.4. The van der Waals surface area contributed by atoms with E-state index in [9.17, 15) is 9.59 Å². The molecular weight excluding hydrogens is 354 g/mol. The minimum atomic E-state index is -1.53. The Morgan fingerprint density at radius 1 is 1.07 bits per heavy atom. The Labute approximate surface area is 161 Å². The number of carbonyl (C=O) groups is 2. The predicted molar refractivity (Wildman–Crippen MR) is 104 cm³/mol. The number of hydrogen-bond donors (Lipinski definition) is 0. The molecule has 2 unspecified atom stereocenters. The van der Waals surface area contributed by atoms with E-state index in [0.29, 0.717) is 16.8 Å². The first-order valence-corrected chi connectivity index (χ1v) is 9.23. The van der Waals surface area contributed by atoms with Gasteiger partial charge in [-0.2, -0.15) is 0 Å². The van der Waals surface area contributed by atoms with Crippen LogP contribution >= 0.6 is 0 Å². The van der Waals surface area contributed by atoms with Crippen LogP contribution in [-0.4, -0.2) is 24.1 Å². The van der Waals surface area contributed by atoms with Gasteiger partial charge < -0.3 is 9.57 Å². The van der Waals surface area contributed by atoms with Gasteiger partial charge in [0.25, 0.3) is 0 Å². The van der Waals surface area contributed by atoms with Crippen LogP contribution in [0.4, 0.5) is 0 Å². The summed E-state index contributed by atoms with van der Waals surface area (Å²) in [5.41, 5.74) is 0.830. The molecule has 5 heteroatoms. The summed E-state index contributed by atoms with van der Waals surface area (Å²) in [6.45, 7) is 1.95. The minimum Gasteiger partial charge on any atom is -0.465 e. The first-order valence-electron chi connectivity index (χ1n) is 9.23. The van der Waals surface area contributed by atoms with E-state index in [1.165, 1.54) is 0 Å². The SMILES string of the molecule is CCOC(=O)C1C(c2ccccc2)=NOC12C(=O)c1cccc3cccc2c13. The number of Topliss-reactive ketones (excluding diaryl/α,β-unsaturated/α-hetero) is 1. The Hall–Kier alpha value is -3.47. The number of ether oxygens (including phenoxy) is 1. The average molecular weight is 371 g/mol. The van der Waals surface area contributed by atoms with Crippen molar-refractivity contribution in [1.29, 1.82) is 0 Å². The third kappa shape index (κ3) is 2.04. The van der Waals surface area contributed by atoms with E-state index in [4.69, 9.17) is 9.57 Å². The lowest BCUT2D eigenvalue weighted by atomic mass is 9.77.